The molecule has 0 N–H and O–H groups in total. The Kier molecular flexibility index (Phi) is 6.26. The van der Waals surface area contributed by atoms with Gasteiger partial charge in [0.05, 0.1) is 30.9 Å². The number of aromatic nitrogens is 2. The maximum Gasteiger partial charge on any atom is 0.261 e. The van der Waals surface area contributed by atoms with Crippen molar-refractivity contribution in [2.24, 2.45) is 0 Å². The second-order valence-corrected chi connectivity index (χ2v) is 6.23. The lowest BCUT2D eigenvalue weighted by atomic mass is 10.2. The summed E-state index contributed by atoms with van der Waals surface area (Å²) in [6, 6.07) is 13.3. The number of methoxy groups -OCH3 is 1. The van der Waals surface area contributed by atoms with E-state index < -0.39 is 0 Å². The number of para-hydroxylation sites is 1. The van der Waals surface area contributed by atoms with Gasteiger partial charge in [-0.1, -0.05) is 30.4 Å². The van der Waals surface area contributed by atoms with E-state index in [0.29, 0.717) is 18.5 Å². The Morgan fingerprint density at radius 2 is 1.96 bits per heavy atom. The zero-order valence-electron chi connectivity index (χ0n) is 15.7. The Bertz CT molecular complexity index is 992. The van der Waals surface area contributed by atoms with Gasteiger partial charge in [-0.25, -0.2) is 4.98 Å². The molecule has 3 rings (SSSR count). The van der Waals surface area contributed by atoms with Crippen molar-refractivity contribution >= 4 is 17.0 Å². The van der Waals surface area contributed by atoms with Crippen LogP contribution in [0.2, 0.25) is 0 Å². The highest BCUT2D eigenvalue weighted by molar-refractivity contribution is 5.76. The molecule has 140 valence electrons. The van der Waals surface area contributed by atoms with Gasteiger partial charge in [0, 0.05) is 6.54 Å². The number of rotatable bonds is 8. The van der Waals surface area contributed by atoms with Crippen molar-refractivity contribution in [2.45, 2.75) is 26.3 Å². The summed E-state index contributed by atoms with van der Waals surface area (Å²) in [5.74, 6) is 1.45. The first-order chi connectivity index (χ1) is 13.2. The highest BCUT2D eigenvalue weighted by Gasteiger charge is 2.06. The molecule has 1 heterocycles. The van der Waals surface area contributed by atoms with Crippen molar-refractivity contribution in [3.05, 3.63) is 70.8 Å². The molecule has 1 aromatic heterocycles. The molecule has 0 unspecified atom stereocenters. The molecule has 0 spiro atoms. The summed E-state index contributed by atoms with van der Waals surface area (Å²) in [7, 11) is 1.64. The first kappa shape index (κ1) is 18.7. The molecule has 0 radical (unpaired) electrons. The van der Waals surface area contributed by atoms with E-state index in [4.69, 9.17) is 9.47 Å². The lowest BCUT2D eigenvalue weighted by Crippen LogP contribution is -2.20. The van der Waals surface area contributed by atoms with Gasteiger partial charge in [-0.3, -0.25) is 9.36 Å². The third kappa shape index (κ3) is 4.56. The Morgan fingerprint density at radius 1 is 1.11 bits per heavy atom. The van der Waals surface area contributed by atoms with E-state index in [0.717, 1.165) is 35.4 Å². The van der Waals surface area contributed by atoms with Gasteiger partial charge in [0.25, 0.3) is 5.56 Å². The quantitative estimate of drug-likeness (QED) is 0.559. The molecule has 0 saturated carbocycles. The van der Waals surface area contributed by atoms with Crippen LogP contribution in [0.4, 0.5) is 0 Å². The normalized spacial score (nSPS) is 11.2. The number of fused-ring (bicyclic) bond motifs is 1. The zero-order chi connectivity index (χ0) is 19.1. The number of benzene rings is 2. The lowest BCUT2D eigenvalue weighted by molar-refractivity contribution is 0.283. The fourth-order valence-corrected chi connectivity index (χ4v) is 2.93. The van der Waals surface area contributed by atoms with Crippen molar-refractivity contribution in [2.75, 3.05) is 13.7 Å². The summed E-state index contributed by atoms with van der Waals surface area (Å²) in [4.78, 5) is 16.8. The molecule has 5 nitrogen and oxygen atoms in total. The Hall–Kier alpha value is -3.08. The van der Waals surface area contributed by atoms with E-state index in [1.54, 1.807) is 18.0 Å². The van der Waals surface area contributed by atoms with Gasteiger partial charge in [-0.2, -0.15) is 0 Å². The number of hydrogen-bond donors (Lipinski definition) is 0. The third-order valence-corrected chi connectivity index (χ3v) is 4.33. The van der Waals surface area contributed by atoms with Crippen LogP contribution in [0.15, 0.2) is 59.7 Å². The van der Waals surface area contributed by atoms with Gasteiger partial charge in [0.2, 0.25) is 0 Å². The highest BCUT2D eigenvalue weighted by Crippen LogP contribution is 2.28. The maximum atomic E-state index is 12.5. The van der Waals surface area contributed by atoms with E-state index >= 15 is 0 Å². The van der Waals surface area contributed by atoms with E-state index in [1.807, 2.05) is 61.5 Å². The van der Waals surface area contributed by atoms with Crippen LogP contribution in [0.1, 0.15) is 25.3 Å². The number of ether oxygens (including phenoxy) is 2. The molecule has 0 bridgehead atoms. The monoisotopic (exact) mass is 364 g/mol. The van der Waals surface area contributed by atoms with Crippen LogP contribution >= 0.6 is 0 Å². The van der Waals surface area contributed by atoms with E-state index in [9.17, 15) is 4.79 Å². The van der Waals surface area contributed by atoms with Crippen LogP contribution in [0, 0.1) is 0 Å². The molecule has 27 heavy (non-hydrogen) atoms. The van der Waals surface area contributed by atoms with Gasteiger partial charge in [-0.05, 0) is 49.6 Å². The van der Waals surface area contributed by atoms with Crippen LogP contribution in [-0.4, -0.2) is 23.3 Å². The number of aryl methyl sites for hydroxylation is 1. The third-order valence-electron chi connectivity index (χ3n) is 4.33. The predicted octanol–water partition coefficient (Wildman–Crippen LogP) is 4.30. The molecule has 0 amide bonds. The van der Waals surface area contributed by atoms with Gasteiger partial charge in [0.15, 0.2) is 11.5 Å². The van der Waals surface area contributed by atoms with Crippen molar-refractivity contribution in [3.63, 3.8) is 0 Å². The maximum absolute atomic E-state index is 12.5. The lowest BCUT2D eigenvalue weighted by Gasteiger charge is -2.12. The minimum absolute atomic E-state index is 0.00255. The van der Waals surface area contributed by atoms with Gasteiger partial charge in [-0.15, -0.1) is 0 Å². The largest absolute Gasteiger partial charge is 0.493 e. The molecule has 3 aromatic rings. The fourth-order valence-electron chi connectivity index (χ4n) is 2.93. The second kappa shape index (κ2) is 9.03. The molecule has 0 saturated heterocycles. The number of unbranched alkanes of at least 4 members (excludes halogenated alkanes) is 1. The van der Waals surface area contributed by atoms with Gasteiger partial charge < -0.3 is 9.47 Å². The van der Waals surface area contributed by atoms with Gasteiger partial charge in [0.1, 0.15) is 0 Å². The first-order valence-electron chi connectivity index (χ1n) is 9.10. The van der Waals surface area contributed by atoms with Gasteiger partial charge >= 0.3 is 0 Å². The molecule has 5 heteroatoms. The number of allylic oxidation sites excluding steroid dienone is 1. The van der Waals surface area contributed by atoms with Crippen LogP contribution in [0.5, 0.6) is 11.5 Å². The van der Waals surface area contributed by atoms with Crippen LogP contribution in [0.3, 0.4) is 0 Å². The van der Waals surface area contributed by atoms with Crippen molar-refractivity contribution < 1.29 is 9.47 Å². The Labute approximate surface area is 158 Å². The average molecular weight is 364 g/mol. The summed E-state index contributed by atoms with van der Waals surface area (Å²) in [6.45, 7) is 3.17. The summed E-state index contributed by atoms with van der Waals surface area (Å²) >= 11 is 0. The van der Waals surface area contributed by atoms with E-state index in [1.165, 1.54) is 0 Å². The molecule has 0 atom stereocenters. The Morgan fingerprint density at radius 3 is 2.78 bits per heavy atom. The highest BCUT2D eigenvalue weighted by atomic mass is 16.5. The summed E-state index contributed by atoms with van der Waals surface area (Å²) in [5, 5.41) is 0.655. The summed E-state index contributed by atoms with van der Waals surface area (Å²) in [5.41, 5.74) is 1.81. The molecular formula is C22H24N2O3. The van der Waals surface area contributed by atoms with E-state index in [-0.39, 0.29) is 5.56 Å². The number of nitrogens with zero attached hydrogens (tertiary/aromatic N) is 2. The second-order valence-electron chi connectivity index (χ2n) is 6.23. The minimum Gasteiger partial charge on any atom is -0.493 e. The van der Waals surface area contributed by atoms with Crippen LogP contribution in [-0.2, 0) is 6.54 Å². The summed E-state index contributed by atoms with van der Waals surface area (Å²) < 4.78 is 12.9. The molecule has 0 fully saturated rings. The predicted molar refractivity (Wildman–Crippen MR) is 108 cm³/mol. The molecule has 0 aliphatic rings. The van der Waals surface area contributed by atoms with Crippen LogP contribution in [0.25, 0.3) is 17.0 Å². The first-order valence-corrected chi connectivity index (χ1v) is 9.10. The fraction of sp³-hybridized carbons (Fsp3) is 0.273. The standard InChI is InChI=1S/C22H24N2O3/c1-3-8-17-11-12-20(21(15-17)26-2)27-14-7-6-13-24-16-23-19-10-5-4-9-18(19)22(24)25/h3-5,8-12,15-16H,6-7,13-14H2,1-2H3/b8-3+. The van der Waals surface area contributed by atoms with Crippen molar-refractivity contribution in [3.8, 4) is 11.5 Å². The smallest absolute Gasteiger partial charge is 0.261 e. The zero-order valence-corrected chi connectivity index (χ0v) is 15.7. The number of hydrogen-bond acceptors (Lipinski definition) is 4. The van der Waals surface area contributed by atoms with E-state index in [2.05, 4.69) is 4.98 Å². The SMILES string of the molecule is C/C=C/c1ccc(OCCCCn2cnc3ccccc3c2=O)c(OC)c1. The summed E-state index contributed by atoms with van der Waals surface area (Å²) in [6.07, 6.45) is 7.28. The van der Waals surface area contributed by atoms with Crippen molar-refractivity contribution in [1.82, 2.24) is 9.55 Å². The minimum atomic E-state index is 0.00255. The average Bonchev–Trinajstić information content (AvgIpc) is 2.70. The van der Waals surface area contributed by atoms with Crippen LogP contribution < -0.4 is 15.0 Å². The topological polar surface area (TPSA) is 53.4 Å². The van der Waals surface area contributed by atoms with Crippen molar-refractivity contribution in [1.29, 1.82) is 0 Å². The molecule has 2 aromatic carbocycles. The molecular weight excluding hydrogens is 340 g/mol. The molecule has 0 aliphatic carbocycles. The Balaban J connectivity index is 1.54. The molecule has 0 aliphatic heterocycles.